The third kappa shape index (κ3) is 4.23. The molecule has 0 unspecified atom stereocenters. The lowest BCUT2D eigenvalue weighted by molar-refractivity contribution is -0.127. The zero-order chi connectivity index (χ0) is 16.8. The van der Waals surface area contributed by atoms with Crippen LogP contribution in [-0.4, -0.2) is 60.7 Å². The Kier molecular flexibility index (Phi) is 5.63. The minimum atomic E-state index is -0.204. The molecule has 1 aromatic rings. The van der Waals surface area contributed by atoms with Crippen LogP contribution in [-0.2, 0) is 9.53 Å². The second-order valence-electron chi connectivity index (χ2n) is 6.05. The molecule has 0 aliphatic carbocycles. The van der Waals surface area contributed by atoms with E-state index in [0.29, 0.717) is 44.2 Å². The molecule has 2 aliphatic rings. The van der Waals surface area contributed by atoms with Crippen LogP contribution in [0.4, 0.5) is 0 Å². The van der Waals surface area contributed by atoms with Crippen LogP contribution in [0.3, 0.4) is 0 Å². The maximum absolute atomic E-state index is 12.4. The molecule has 1 N–H and O–H groups in total. The molecule has 2 aliphatic heterocycles. The zero-order valence-electron chi connectivity index (χ0n) is 13.7. The van der Waals surface area contributed by atoms with Crippen molar-refractivity contribution in [3.05, 3.63) is 23.9 Å². The van der Waals surface area contributed by atoms with Crippen LogP contribution in [0.5, 0.6) is 5.88 Å². The van der Waals surface area contributed by atoms with E-state index in [4.69, 9.17) is 9.47 Å². The Labute approximate surface area is 141 Å². The van der Waals surface area contributed by atoms with Crippen molar-refractivity contribution < 1.29 is 19.1 Å². The first kappa shape index (κ1) is 16.7. The van der Waals surface area contributed by atoms with Crippen molar-refractivity contribution in [2.24, 2.45) is 0 Å². The summed E-state index contributed by atoms with van der Waals surface area (Å²) in [5, 5.41) is 2.87. The first-order valence-electron chi connectivity index (χ1n) is 8.49. The van der Waals surface area contributed by atoms with Gasteiger partial charge in [-0.05, 0) is 25.0 Å². The molecule has 7 heteroatoms. The molecule has 0 saturated carbocycles. The molecule has 0 radical (unpaired) electrons. The first-order chi connectivity index (χ1) is 11.7. The summed E-state index contributed by atoms with van der Waals surface area (Å²) in [6, 6.07) is 3.42. The molecule has 2 fully saturated rings. The van der Waals surface area contributed by atoms with Crippen molar-refractivity contribution in [1.82, 2.24) is 15.2 Å². The van der Waals surface area contributed by atoms with Crippen molar-refractivity contribution in [3.63, 3.8) is 0 Å². The van der Waals surface area contributed by atoms with Gasteiger partial charge in [0.25, 0.3) is 5.91 Å². The molecule has 24 heavy (non-hydrogen) atoms. The van der Waals surface area contributed by atoms with Crippen LogP contribution < -0.4 is 10.1 Å². The highest BCUT2D eigenvalue weighted by Crippen LogP contribution is 2.19. The summed E-state index contributed by atoms with van der Waals surface area (Å²) < 4.78 is 11.1. The van der Waals surface area contributed by atoms with Gasteiger partial charge in [0, 0.05) is 38.7 Å². The fourth-order valence-corrected chi connectivity index (χ4v) is 2.93. The summed E-state index contributed by atoms with van der Waals surface area (Å²) in [7, 11) is 0. The number of hydrogen-bond acceptors (Lipinski definition) is 5. The highest BCUT2D eigenvalue weighted by atomic mass is 16.5. The number of carbonyl (C=O) groups is 2. The number of nitrogens with one attached hydrogen (secondary N) is 1. The monoisotopic (exact) mass is 333 g/mol. The van der Waals surface area contributed by atoms with Crippen LogP contribution in [0.1, 0.15) is 36.0 Å². The van der Waals surface area contributed by atoms with Crippen LogP contribution in [0, 0.1) is 0 Å². The van der Waals surface area contributed by atoms with Crippen molar-refractivity contribution >= 4 is 11.8 Å². The number of hydrogen-bond donors (Lipinski definition) is 1. The van der Waals surface area contributed by atoms with Crippen molar-refractivity contribution in [3.8, 4) is 5.88 Å². The maximum atomic E-state index is 12.4. The fourth-order valence-electron chi connectivity index (χ4n) is 2.93. The molecular formula is C17H23N3O4. The van der Waals surface area contributed by atoms with Gasteiger partial charge in [-0.25, -0.2) is 4.98 Å². The van der Waals surface area contributed by atoms with E-state index in [9.17, 15) is 9.59 Å². The van der Waals surface area contributed by atoms with Gasteiger partial charge < -0.3 is 19.7 Å². The van der Waals surface area contributed by atoms with Gasteiger partial charge >= 0.3 is 0 Å². The van der Waals surface area contributed by atoms with Gasteiger partial charge in [0.15, 0.2) is 0 Å². The number of pyridine rings is 1. The van der Waals surface area contributed by atoms with Gasteiger partial charge in [-0.2, -0.15) is 0 Å². The summed E-state index contributed by atoms with van der Waals surface area (Å²) in [5.41, 5.74) is 0.432. The minimum absolute atomic E-state index is 0.0485. The van der Waals surface area contributed by atoms with Gasteiger partial charge in [-0.15, -0.1) is 0 Å². The van der Waals surface area contributed by atoms with E-state index in [1.165, 1.54) is 0 Å². The molecule has 1 atom stereocenters. The number of nitrogens with zero attached hydrogens (tertiary/aromatic N) is 2. The Hall–Kier alpha value is -2.15. The standard InChI is InChI=1S/C17H23N3O4/c21-15-5-2-9-20(15)10-3-8-18-16(22)14-4-1-7-19-17(14)24-13-6-11-23-12-13/h1,4,7,13H,2-3,5-6,8-12H2,(H,18,22)/t13-/m1/s1. The summed E-state index contributed by atoms with van der Waals surface area (Å²) >= 11 is 0. The molecule has 2 amide bonds. The normalized spacial score (nSPS) is 20.4. The molecule has 3 heterocycles. The van der Waals surface area contributed by atoms with Crippen LogP contribution in [0.15, 0.2) is 18.3 Å². The summed E-state index contributed by atoms with van der Waals surface area (Å²) in [5.74, 6) is 0.355. The predicted octanol–water partition coefficient (Wildman–Crippen LogP) is 0.992. The average Bonchev–Trinajstić information content (AvgIpc) is 3.24. The quantitative estimate of drug-likeness (QED) is 0.753. The lowest BCUT2D eigenvalue weighted by Crippen LogP contribution is -2.31. The van der Waals surface area contributed by atoms with E-state index in [2.05, 4.69) is 10.3 Å². The second kappa shape index (κ2) is 8.10. The van der Waals surface area contributed by atoms with E-state index < -0.39 is 0 Å². The van der Waals surface area contributed by atoms with Gasteiger partial charge in [-0.1, -0.05) is 0 Å². The molecule has 3 rings (SSSR count). The van der Waals surface area contributed by atoms with Crippen molar-refractivity contribution in [2.75, 3.05) is 32.8 Å². The minimum Gasteiger partial charge on any atom is -0.471 e. The molecule has 7 nitrogen and oxygen atoms in total. The Balaban J connectivity index is 1.48. The van der Waals surface area contributed by atoms with Gasteiger partial charge in [0.2, 0.25) is 11.8 Å². The highest BCUT2D eigenvalue weighted by molar-refractivity contribution is 5.96. The molecular weight excluding hydrogens is 310 g/mol. The first-order valence-corrected chi connectivity index (χ1v) is 8.49. The fraction of sp³-hybridized carbons (Fsp3) is 0.588. The van der Waals surface area contributed by atoms with Gasteiger partial charge in [0.05, 0.1) is 13.2 Å². The lowest BCUT2D eigenvalue weighted by Gasteiger charge is -2.16. The Morgan fingerprint density at radius 2 is 2.42 bits per heavy atom. The third-order valence-corrected chi connectivity index (χ3v) is 4.24. The molecule has 2 saturated heterocycles. The highest BCUT2D eigenvalue weighted by Gasteiger charge is 2.22. The topological polar surface area (TPSA) is 80.8 Å². The van der Waals surface area contributed by atoms with Gasteiger partial charge in [0.1, 0.15) is 11.7 Å². The third-order valence-electron chi connectivity index (χ3n) is 4.24. The number of carbonyl (C=O) groups excluding carboxylic acids is 2. The Morgan fingerprint density at radius 3 is 3.17 bits per heavy atom. The average molecular weight is 333 g/mol. The van der Waals surface area contributed by atoms with E-state index in [-0.39, 0.29) is 17.9 Å². The Bertz CT molecular complexity index is 587. The molecule has 130 valence electrons. The number of amides is 2. The predicted molar refractivity (Wildman–Crippen MR) is 86.9 cm³/mol. The van der Waals surface area contributed by atoms with Crippen LogP contribution in [0.25, 0.3) is 0 Å². The second-order valence-corrected chi connectivity index (χ2v) is 6.05. The maximum Gasteiger partial charge on any atom is 0.256 e. The van der Waals surface area contributed by atoms with Crippen LogP contribution >= 0.6 is 0 Å². The number of rotatable bonds is 7. The van der Waals surface area contributed by atoms with Gasteiger partial charge in [-0.3, -0.25) is 9.59 Å². The lowest BCUT2D eigenvalue weighted by atomic mass is 10.2. The summed E-state index contributed by atoms with van der Waals surface area (Å²) in [4.78, 5) is 29.9. The van der Waals surface area contributed by atoms with Crippen LogP contribution in [0.2, 0.25) is 0 Å². The summed E-state index contributed by atoms with van der Waals surface area (Å²) in [6.45, 7) is 3.24. The number of aromatic nitrogens is 1. The zero-order valence-corrected chi connectivity index (χ0v) is 13.7. The molecule has 0 aromatic carbocycles. The number of ether oxygens (including phenoxy) is 2. The molecule has 0 spiro atoms. The number of likely N-dealkylation sites (tertiary alicyclic amines) is 1. The van der Waals surface area contributed by atoms with E-state index >= 15 is 0 Å². The largest absolute Gasteiger partial charge is 0.471 e. The smallest absolute Gasteiger partial charge is 0.256 e. The Morgan fingerprint density at radius 1 is 1.50 bits per heavy atom. The van der Waals surface area contributed by atoms with Crippen molar-refractivity contribution in [1.29, 1.82) is 0 Å². The van der Waals surface area contributed by atoms with E-state index in [1.54, 1.807) is 18.3 Å². The molecule has 0 bridgehead atoms. The SMILES string of the molecule is O=C(NCCCN1CCCC1=O)c1cccnc1O[C@@H]1CCOC1. The molecule has 1 aromatic heterocycles. The van der Waals surface area contributed by atoms with E-state index in [0.717, 1.165) is 25.8 Å². The van der Waals surface area contributed by atoms with Crippen molar-refractivity contribution in [2.45, 2.75) is 31.8 Å². The summed E-state index contributed by atoms with van der Waals surface area (Å²) in [6.07, 6.45) is 4.69. The van der Waals surface area contributed by atoms with E-state index in [1.807, 2.05) is 4.90 Å².